The lowest BCUT2D eigenvalue weighted by Gasteiger charge is -2.09. The standard InChI is InChI=1S/C12H21NS/c1-4-9(3)6-7-10-11(13)8-14-12(10)5-2/h8-9H,4-7,13H2,1-3H3. The number of hydrogen-bond acceptors (Lipinski definition) is 2. The Kier molecular flexibility index (Phi) is 4.46. The largest absolute Gasteiger partial charge is 0.398 e. The number of nitrogens with two attached hydrogens (primary N) is 1. The Morgan fingerprint density at radius 2 is 2.14 bits per heavy atom. The van der Waals surface area contributed by atoms with Crippen LogP contribution < -0.4 is 5.73 Å². The molecule has 80 valence electrons. The summed E-state index contributed by atoms with van der Waals surface area (Å²) in [7, 11) is 0. The SMILES string of the molecule is CCc1scc(N)c1CCC(C)CC. The summed E-state index contributed by atoms with van der Waals surface area (Å²) >= 11 is 1.81. The van der Waals surface area contributed by atoms with E-state index in [1.165, 1.54) is 23.3 Å². The second-order valence-electron chi connectivity index (χ2n) is 4.00. The zero-order valence-electron chi connectivity index (χ0n) is 9.47. The topological polar surface area (TPSA) is 26.0 Å². The Bertz CT molecular complexity index is 278. The minimum absolute atomic E-state index is 0.819. The van der Waals surface area contributed by atoms with Gasteiger partial charge in [-0.15, -0.1) is 11.3 Å². The smallest absolute Gasteiger partial charge is 0.0458 e. The van der Waals surface area contributed by atoms with Crippen molar-refractivity contribution in [2.75, 3.05) is 5.73 Å². The van der Waals surface area contributed by atoms with Crippen LogP contribution in [0.4, 0.5) is 5.69 Å². The average molecular weight is 211 g/mol. The van der Waals surface area contributed by atoms with Gasteiger partial charge in [-0.05, 0) is 30.7 Å². The van der Waals surface area contributed by atoms with Gasteiger partial charge in [0.1, 0.15) is 0 Å². The monoisotopic (exact) mass is 211 g/mol. The maximum atomic E-state index is 5.96. The number of nitrogen functional groups attached to an aromatic ring is 1. The van der Waals surface area contributed by atoms with Crippen molar-refractivity contribution >= 4 is 17.0 Å². The molecule has 0 aliphatic carbocycles. The minimum Gasteiger partial charge on any atom is -0.398 e. The van der Waals surface area contributed by atoms with Gasteiger partial charge in [0.25, 0.3) is 0 Å². The normalized spacial score (nSPS) is 13.1. The van der Waals surface area contributed by atoms with E-state index in [9.17, 15) is 0 Å². The fourth-order valence-corrected chi connectivity index (χ4v) is 2.55. The minimum atomic E-state index is 0.819. The van der Waals surface area contributed by atoms with Gasteiger partial charge in [-0.25, -0.2) is 0 Å². The molecule has 0 bridgehead atoms. The molecular formula is C12H21NS. The molecule has 0 fully saturated rings. The molecule has 0 aromatic carbocycles. The van der Waals surface area contributed by atoms with Crippen molar-refractivity contribution in [3.8, 4) is 0 Å². The van der Waals surface area contributed by atoms with Crippen LogP contribution in [0.2, 0.25) is 0 Å². The van der Waals surface area contributed by atoms with Crippen molar-refractivity contribution in [3.05, 3.63) is 15.8 Å². The van der Waals surface area contributed by atoms with Crippen LogP contribution in [0.15, 0.2) is 5.38 Å². The van der Waals surface area contributed by atoms with Crippen molar-refractivity contribution in [3.63, 3.8) is 0 Å². The van der Waals surface area contributed by atoms with Gasteiger partial charge in [0.15, 0.2) is 0 Å². The molecule has 0 saturated carbocycles. The van der Waals surface area contributed by atoms with Crippen LogP contribution >= 0.6 is 11.3 Å². The van der Waals surface area contributed by atoms with E-state index >= 15 is 0 Å². The van der Waals surface area contributed by atoms with E-state index in [1.807, 2.05) is 11.3 Å². The van der Waals surface area contributed by atoms with Gasteiger partial charge in [-0.1, -0.05) is 27.2 Å². The van der Waals surface area contributed by atoms with E-state index in [0.717, 1.165) is 24.4 Å². The Morgan fingerprint density at radius 3 is 2.71 bits per heavy atom. The van der Waals surface area contributed by atoms with E-state index in [4.69, 9.17) is 5.73 Å². The first kappa shape index (κ1) is 11.6. The number of hydrogen-bond donors (Lipinski definition) is 1. The molecule has 0 amide bonds. The van der Waals surface area contributed by atoms with Gasteiger partial charge >= 0.3 is 0 Å². The van der Waals surface area contributed by atoms with Crippen LogP contribution in [0, 0.1) is 5.92 Å². The molecule has 0 saturated heterocycles. The molecule has 1 unspecified atom stereocenters. The number of rotatable bonds is 5. The van der Waals surface area contributed by atoms with Crippen LogP contribution in [-0.4, -0.2) is 0 Å². The fraction of sp³-hybridized carbons (Fsp3) is 0.667. The first-order valence-corrected chi connectivity index (χ1v) is 6.41. The van der Waals surface area contributed by atoms with Gasteiger partial charge in [-0.2, -0.15) is 0 Å². The lowest BCUT2D eigenvalue weighted by atomic mass is 9.98. The van der Waals surface area contributed by atoms with Gasteiger partial charge in [-0.3, -0.25) is 0 Å². The van der Waals surface area contributed by atoms with Crippen molar-refractivity contribution in [1.29, 1.82) is 0 Å². The average Bonchev–Trinajstić information content (AvgIpc) is 2.55. The quantitative estimate of drug-likeness (QED) is 0.786. The van der Waals surface area contributed by atoms with Crippen LogP contribution in [-0.2, 0) is 12.8 Å². The van der Waals surface area contributed by atoms with Gasteiger partial charge in [0.05, 0.1) is 0 Å². The highest BCUT2D eigenvalue weighted by molar-refractivity contribution is 7.10. The molecular weight excluding hydrogens is 190 g/mol. The molecule has 1 aromatic rings. The van der Waals surface area contributed by atoms with Gasteiger partial charge < -0.3 is 5.73 Å². The first-order chi connectivity index (χ1) is 6.69. The van der Waals surface area contributed by atoms with Crippen molar-refractivity contribution in [2.24, 2.45) is 5.92 Å². The lowest BCUT2D eigenvalue weighted by Crippen LogP contribution is -1.99. The summed E-state index contributed by atoms with van der Waals surface area (Å²) in [5.74, 6) is 0.819. The van der Waals surface area contributed by atoms with Crippen LogP contribution in [0.25, 0.3) is 0 Å². The Hall–Kier alpha value is -0.500. The van der Waals surface area contributed by atoms with E-state index in [0.29, 0.717) is 0 Å². The molecule has 0 spiro atoms. The Morgan fingerprint density at radius 1 is 1.43 bits per heavy atom. The molecule has 1 nitrogen and oxygen atoms in total. The van der Waals surface area contributed by atoms with Gasteiger partial charge in [0, 0.05) is 15.9 Å². The molecule has 0 aliphatic heterocycles. The number of aryl methyl sites for hydroxylation is 1. The van der Waals surface area contributed by atoms with Crippen LogP contribution in [0.5, 0.6) is 0 Å². The van der Waals surface area contributed by atoms with Crippen molar-refractivity contribution < 1.29 is 0 Å². The summed E-state index contributed by atoms with van der Waals surface area (Å²) in [4.78, 5) is 1.48. The number of thiophene rings is 1. The Labute approximate surface area is 91.3 Å². The molecule has 0 radical (unpaired) electrons. The summed E-state index contributed by atoms with van der Waals surface area (Å²) in [6.45, 7) is 6.77. The van der Waals surface area contributed by atoms with Crippen LogP contribution in [0.3, 0.4) is 0 Å². The zero-order valence-corrected chi connectivity index (χ0v) is 10.3. The lowest BCUT2D eigenvalue weighted by molar-refractivity contribution is 0.516. The summed E-state index contributed by atoms with van der Waals surface area (Å²) in [6.07, 6.45) is 4.82. The second-order valence-corrected chi connectivity index (χ2v) is 4.96. The molecule has 1 atom stereocenters. The molecule has 1 rings (SSSR count). The van der Waals surface area contributed by atoms with Crippen molar-refractivity contribution in [1.82, 2.24) is 0 Å². The maximum Gasteiger partial charge on any atom is 0.0458 e. The molecule has 1 aromatic heterocycles. The third-order valence-electron chi connectivity index (χ3n) is 2.92. The third kappa shape index (κ3) is 2.74. The highest BCUT2D eigenvalue weighted by Crippen LogP contribution is 2.27. The van der Waals surface area contributed by atoms with E-state index in [2.05, 4.69) is 26.2 Å². The predicted octanol–water partition coefficient (Wildman–Crippen LogP) is 3.87. The fourth-order valence-electron chi connectivity index (χ4n) is 1.61. The summed E-state index contributed by atoms with van der Waals surface area (Å²) < 4.78 is 0. The van der Waals surface area contributed by atoms with Crippen LogP contribution in [0.1, 0.15) is 44.1 Å². The molecule has 14 heavy (non-hydrogen) atoms. The summed E-state index contributed by atoms with van der Waals surface area (Å²) in [6, 6.07) is 0. The Balaban J connectivity index is 2.60. The van der Waals surface area contributed by atoms with Crippen molar-refractivity contribution in [2.45, 2.75) is 46.5 Å². The molecule has 1 heterocycles. The highest BCUT2D eigenvalue weighted by Gasteiger charge is 2.09. The molecule has 2 N–H and O–H groups in total. The molecule has 0 aliphatic rings. The molecule has 2 heteroatoms. The maximum absolute atomic E-state index is 5.96. The predicted molar refractivity (Wildman–Crippen MR) is 65.9 cm³/mol. The summed E-state index contributed by atoms with van der Waals surface area (Å²) in [5.41, 5.74) is 8.38. The van der Waals surface area contributed by atoms with E-state index < -0.39 is 0 Å². The number of anilines is 1. The van der Waals surface area contributed by atoms with Gasteiger partial charge in [0.2, 0.25) is 0 Å². The summed E-state index contributed by atoms with van der Waals surface area (Å²) in [5, 5.41) is 2.09. The van der Waals surface area contributed by atoms with E-state index in [1.54, 1.807) is 0 Å². The third-order valence-corrected chi connectivity index (χ3v) is 4.11. The second kappa shape index (κ2) is 5.40. The van der Waals surface area contributed by atoms with E-state index in [-0.39, 0.29) is 0 Å². The highest BCUT2D eigenvalue weighted by atomic mass is 32.1. The first-order valence-electron chi connectivity index (χ1n) is 5.53. The zero-order chi connectivity index (χ0) is 10.6.